The van der Waals surface area contributed by atoms with Crippen LogP contribution in [-0.4, -0.2) is 37.4 Å². The van der Waals surface area contributed by atoms with E-state index in [1.165, 1.54) is 0 Å². The van der Waals surface area contributed by atoms with Gasteiger partial charge in [-0.15, -0.1) is 0 Å². The highest BCUT2D eigenvalue weighted by atomic mass is 32.2. The van der Waals surface area contributed by atoms with Crippen molar-refractivity contribution in [3.05, 3.63) is 18.0 Å². The summed E-state index contributed by atoms with van der Waals surface area (Å²) >= 11 is 0. The zero-order chi connectivity index (χ0) is 15.8. The molecule has 0 amide bonds. The first-order valence-electron chi connectivity index (χ1n) is 7.62. The Balaban J connectivity index is 2.34. The van der Waals surface area contributed by atoms with Crippen molar-refractivity contribution in [2.45, 2.75) is 45.2 Å². The van der Waals surface area contributed by atoms with Crippen LogP contribution in [0.3, 0.4) is 0 Å². The molecule has 0 radical (unpaired) electrons. The van der Waals surface area contributed by atoms with Crippen molar-refractivity contribution < 1.29 is 8.42 Å². The van der Waals surface area contributed by atoms with Crippen LogP contribution < -0.4 is 5.32 Å². The fourth-order valence-corrected chi connectivity index (χ4v) is 4.56. The molecule has 1 aromatic heterocycles. The third-order valence-corrected chi connectivity index (χ3v) is 6.21. The summed E-state index contributed by atoms with van der Waals surface area (Å²) in [6.07, 6.45) is 1.78. The van der Waals surface area contributed by atoms with Gasteiger partial charge in [-0.05, 0) is 38.8 Å². The van der Waals surface area contributed by atoms with Gasteiger partial charge < -0.3 is 9.88 Å². The van der Waals surface area contributed by atoms with Crippen LogP contribution >= 0.6 is 0 Å². The predicted molar refractivity (Wildman–Crippen MR) is 84.7 cm³/mol. The van der Waals surface area contributed by atoms with E-state index in [4.69, 9.17) is 0 Å². The van der Waals surface area contributed by atoms with Gasteiger partial charge in [0.2, 0.25) is 10.0 Å². The second-order valence-corrected chi connectivity index (χ2v) is 8.41. The molecule has 0 bridgehead atoms. The van der Waals surface area contributed by atoms with Crippen molar-refractivity contribution in [2.24, 2.45) is 11.8 Å². The number of nitrogens with zero attached hydrogens (tertiary/aromatic N) is 2. The quantitative estimate of drug-likeness (QED) is 0.905. The summed E-state index contributed by atoms with van der Waals surface area (Å²) in [6, 6.07) is 2.05. The molecule has 1 aliphatic rings. The molecule has 1 aliphatic heterocycles. The van der Waals surface area contributed by atoms with Crippen LogP contribution in [0.5, 0.6) is 0 Å². The minimum atomic E-state index is -3.37. The first-order valence-corrected chi connectivity index (χ1v) is 9.06. The monoisotopic (exact) mass is 313 g/mol. The number of sulfonamides is 1. The van der Waals surface area contributed by atoms with Crippen LogP contribution in [0.2, 0.25) is 0 Å². The van der Waals surface area contributed by atoms with E-state index in [0.717, 1.165) is 5.69 Å². The second kappa shape index (κ2) is 6.10. The lowest BCUT2D eigenvalue weighted by Gasteiger charge is -2.15. The molecule has 5 nitrogen and oxygen atoms in total. The molecule has 1 saturated heterocycles. The highest BCUT2D eigenvalue weighted by molar-refractivity contribution is 7.89. The van der Waals surface area contributed by atoms with Crippen LogP contribution in [0.15, 0.2) is 17.2 Å². The molecule has 2 rings (SSSR count). The molecular formula is C15H27N3O2S. The van der Waals surface area contributed by atoms with Gasteiger partial charge in [0.25, 0.3) is 0 Å². The van der Waals surface area contributed by atoms with Crippen LogP contribution in [0.1, 0.15) is 39.4 Å². The van der Waals surface area contributed by atoms with E-state index in [2.05, 4.69) is 33.0 Å². The maximum Gasteiger partial charge on any atom is 0.244 e. The topological polar surface area (TPSA) is 54.3 Å². The number of rotatable bonds is 5. The first kappa shape index (κ1) is 16.5. The van der Waals surface area contributed by atoms with Crippen molar-refractivity contribution in [3.63, 3.8) is 0 Å². The smallest absolute Gasteiger partial charge is 0.244 e. The third kappa shape index (κ3) is 3.17. The minimum Gasteiger partial charge on any atom is -0.346 e. The SMILES string of the molecule is CNCc1cc(S(=O)(=O)N2CC(C)C(C)C2)cn1C(C)C. The molecular weight excluding hydrogens is 286 g/mol. The van der Waals surface area contributed by atoms with Crippen molar-refractivity contribution in [3.8, 4) is 0 Å². The Morgan fingerprint density at radius 2 is 1.86 bits per heavy atom. The maximum atomic E-state index is 12.8. The van der Waals surface area contributed by atoms with Crippen LogP contribution in [0, 0.1) is 11.8 Å². The molecule has 1 N–H and O–H groups in total. The van der Waals surface area contributed by atoms with Gasteiger partial charge in [0, 0.05) is 37.6 Å². The normalized spacial score (nSPS) is 24.1. The van der Waals surface area contributed by atoms with Gasteiger partial charge in [-0.1, -0.05) is 13.8 Å². The molecule has 0 aliphatic carbocycles. The Kier molecular flexibility index (Phi) is 4.80. The Bertz CT molecular complexity index is 582. The average Bonchev–Trinajstić information content (AvgIpc) is 2.96. The lowest BCUT2D eigenvalue weighted by molar-refractivity contribution is 0.463. The number of hydrogen-bond donors (Lipinski definition) is 1. The summed E-state index contributed by atoms with van der Waals surface area (Å²) in [5, 5.41) is 3.10. The summed E-state index contributed by atoms with van der Waals surface area (Å²) in [4.78, 5) is 0.419. The van der Waals surface area contributed by atoms with E-state index in [9.17, 15) is 8.42 Å². The zero-order valence-electron chi connectivity index (χ0n) is 13.6. The molecule has 0 aromatic carbocycles. The van der Waals surface area contributed by atoms with Gasteiger partial charge in [0.15, 0.2) is 0 Å². The van der Waals surface area contributed by atoms with Gasteiger partial charge in [-0.2, -0.15) is 4.31 Å². The average molecular weight is 313 g/mol. The predicted octanol–water partition coefficient (Wildman–Crippen LogP) is 2.06. The molecule has 0 spiro atoms. The summed E-state index contributed by atoms with van der Waals surface area (Å²) in [7, 11) is -1.50. The van der Waals surface area contributed by atoms with E-state index in [0.29, 0.717) is 36.4 Å². The molecule has 6 heteroatoms. The molecule has 1 fully saturated rings. The largest absolute Gasteiger partial charge is 0.346 e. The molecule has 2 atom stereocenters. The number of aromatic nitrogens is 1. The lowest BCUT2D eigenvalue weighted by Crippen LogP contribution is -2.28. The third-order valence-electron chi connectivity index (χ3n) is 4.41. The Morgan fingerprint density at radius 3 is 2.33 bits per heavy atom. The molecule has 2 heterocycles. The number of nitrogens with one attached hydrogen (secondary N) is 1. The second-order valence-electron chi connectivity index (χ2n) is 6.48. The van der Waals surface area contributed by atoms with E-state index in [1.807, 2.05) is 11.6 Å². The van der Waals surface area contributed by atoms with E-state index in [-0.39, 0.29) is 6.04 Å². The molecule has 120 valence electrons. The highest BCUT2D eigenvalue weighted by Gasteiger charge is 2.35. The Hall–Kier alpha value is -0.850. The van der Waals surface area contributed by atoms with Gasteiger partial charge in [-0.3, -0.25) is 0 Å². The van der Waals surface area contributed by atoms with Gasteiger partial charge in [0.1, 0.15) is 4.90 Å². The van der Waals surface area contributed by atoms with E-state index >= 15 is 0 Å². The Morgan fingerprint density at radius 1 is 1.29 bits per heavy atom. The van der Waals surface area contributed by atoms with E-state index in [1.54, 1.807) is 16.6 Å². The summed E-state index contributed by atoms with van der Waals surface area (Å²) < 4.78 is 29.3. The summed E-state index contributed by atoms with van der Waals surface area (Å²) in [6.45, 7) is 10.3. The first-order chi connectivity index (χ1) is 9.77. The molecule has 0 saturated carbocycles. The van der Waals surface area contributed by atoms with Crippen molar-refractivity contribution in [1.29, 1.82) is 0 Å². The maximum absolute atomic E-state index is 12.8. The van der Waals surface area contributed by atoms with Crippen molar-refractivity contribution >= 4 is 10.0 Å². The van der Waals surface area contributed by atoms with Crippen LogP contribution in [-0.2, 0) is 16.6 Å². The molecule has 2 unspecified atom stereocenters. The van der Waals surface area contributed by atoms with Gasteiger partial charge >= 0.3 is 0 Å². The van der Waals surface area contributed by atoms with Crippen molar-refractivity contribution in [2.75, 3.05) is 20.1 Å². The van der Waals surface area contributed by atoms with Gasteiger partial charge in [-0.25, -0.2) is 8.42 Å². The van der Waals surface area contributed by atoms with Crippen LogP contribution in [0.25, 0.3) is 0 Å². The molecule has 21 heavy (non-hydrogen) atoms. The molecule has 1 aromatic rings. The summed E-state index contributed by atoms with van der Waals surface area (Å²) in [5.41, 5.74) is 1.01. The lowest BCUT2D eigenvalue weighted by atomic mass is 10.0. The zero-order valence-corrected chi connectivity index (χ0v) is 14.4. The van der Waals surface area contributed by atoms with Gasteiger partial charge in [0.05, 0.1) is 0 Å². The standard InChI is InChI=1S/C15H27N3O2S/c1-11(2)18-10-15(6-14(18)7-16-5)21(19,20)17-8-12(3)13(4)9-17/h6,10-13,16H,7-9H2,1-5H3. The van der Waals surface area contributed by atoms with Crippen LogP contribution in [0.4, 0.5) is 0 Å². The summed E-state index contributed by atoms with van der Waals surface area (Å²) in [5.74, 6) is 0.840. The highest BCUT2D eigenvalue weighted by Crippen LogP contribution is 2.29. The Labute approximate surface area is 128 Å². The number of hydrogen-bond acceptors (Lipinski definition) is 3. The fourth-order valence-electron chi connectivity index (χ4n) is 2.86. The van der Waals surface area contributed by atoms with Crippen molar-refractivity contribution in [1.82, 2.24) is 14.2 Å². The van der Waals surface area contributed by atoms with E-state index < -0.39 is 10.0 Å². The minimum absolute atomic E-state index is 0.244. The fraction of sp³-hybridized carbons (Fsp3) is 0.733.